The number of nitrogens with two attached hydrogens (primary N) is 1. The molecule has 0 unspecified atom stereocenters. The fraction of sp³-hybridized carbons (Fsp3) is 0.0833. The number of rotatable bonds is 1. The molecule has 0 aliphatic carbocycles. The monoisotopic (exact) mass is 198 g/mol. The molecule has 0 radical (unpaired) electrons. The Bertz CT molecular complexity index is 487. The fourth-order valence-corrected chi connectivity index (χ4v) is 1.11. The van der Waals surface area contributed by atoms with Gasteiger partial charge in [-0.3, -0.25) is 0 Å². The molecule has 3 nitrogen and oxygen atoms in total. The van der Waals surface area contributed by atoms with Crippen LogP contribution in [-0.2, 0) is 0 Å². The van der Waals surface area contributed by atoms with Gasteiger partial charge >= 0.3 is 6.03 Å². The zero-order valence-corrected chi connectivity index (χ0v) is 8.29. The van der Waals surface area contributed by atoms with Gasteiger partial charge in [0.15, 0.2) is 0 Å². The highest BCUT2D eigenvalue weighted by molar-refractivity contribution is 5.89. The Morgan fingerprint density at radius 2 is 2.27 bits per heavy atom. The van der Waals surface area contributed by atoms with Crippen LogP contribution in [0.4, 0.5) is 10.5 Å². The topological polar surface area (TPSA) is 55.1 Å². The molecule has 0 fully saturated rings. The Balaban J connectivity index is 3.15. The number of anilines is 1. The smallest absolute Gasteiger partial charge is 0.316 e. The molecule has 0 aromatic heterocycles. The molecule has 0 bridgehead atoms. The van der Waals surface area contributed by atoms with Crippen LogP contribution in [0.25, 0.3) is 0 Å². The maximum Gasteiger partial charge on any atom is 0.316 e. The molecule has 3 heteroatoms. The molecule has 74 valence electrons. The lowest BCUT2D eigenvalue weighted by Crippen LogP contribution is -2.19. The number of carbonyl (C=O) groups is 1. The van der Waals surface area contributed by atoms with Crippen molar-refractivity contribution in [2.24, 2.45) is 5.73 Å². The van der Waals surface area contributed by atoms with E-state index in [4.69, 9.17) is 12.2 Å². The van der Waals surface area contributed by atoms with Crippen LogP contribution in [0.15, 0.2) is 18.2 Å². The van der Waals surface area contributed by atoms with Gasteiger partial charge in [0.05, 0.1) is 5.69 Å². The molecule has 0 saturated heterocycles. The van der Waals surface area contributed by atoms with E-state index in [2.05, 4.69) is 23.1 Å². The van der Waals surface area contributed by atoms with Crippen molar-refractivity contribution >= 4 is 11.7 Å². The summed E-state index contributed by atoms with van der Waals surface area (Å²) in [6, 6.07) is 4.80. The van der Waals surface area contributed by atoms with Crippen LogP contribution in [0.3, 0.4) is 0 Å². The number of hydrogen-bond acceptors (Lipinski definition) is 1. The largest absolute Gasteiger partial charge is 0.351 e. The third kappa shape index (κ3) is 3.10. The number of benzene rings is 1. The first-order chi connectivity index (χ1) is 7.13. The predicted molar refractivity (Wildman–Crippen MR) is 60.1 cm³/mol. The standard InChI is InChI=1S/C12H10N2O/c1-3-4-5-10-8-9(2)6-7-11(10)14-12(13)15/h1,6-8H,2H3,(H3,13,14,15). The van der Waals surface area contributed by atoms with Crippen molar-refractivity contribution in [1.82, 2.24) is 0 Å². The Labute approximate surface area is 88.7 Å². The highest BCUT2D eigenvalue weighted by Gasteiger charge is 2.01. The molecule has 1 rings (SSSR count). The lowest BCUT2D eigenvalue weighted by Gasteiger charge is -2.05. The summed E-state index contributed by atoms with van der Waals surface area (Å²) in [6.45, 7) is 1.93. The van der Waals surface area contributed by atoms with E-state index >= 15 is 0 Å². The van der Waals surface area contributed by atoms with Gasteiger partial charge in [0, 0.05) is 5.56 Å². The van der Waals surface area contributed by atoms with Crippen LogP contribution in [0.2, 0.25) is 0 Å². The van der Waals surface area contributed by atoms with Crippen LogP contribution in [-0.4, -0.2) is 6.03 Å². The number of amides is 2. The Morgan fingerprint density at radius 3 is 2.87 bits per heavy atom. The molecular weight excluding hydrogens is 188 g/mol. The van der Waals surface area contributed by atoms with Crippen LogP contribution < -0.4 is 11.1 Å². The summed E-state index contributed by atoms with van der Waals surface area (Å²) in [6.07, 6.45) is 5.03. The van der Waals surface area contributed by atoms with E-state index in [-0.39, 0.29) is 0 Å². The van der Waals surface area contributed by atoms with E-state index in [1.807, 2.05) is 19.1 Å². The maximum absolute atomic E-state index is 10.7. The summed E-state index contributed by atoms with van der Waals surface area (Å²) in [5.74, 6) is 7.45. The molecule has 2 amide bonds. The molecule has 0 spiro atoms. The van der Waals surface area contributed by atoms with Gasteiger partial charge in [0.1, 0.15) is 0 Å². The summed E-state index contributed by atoms with van der Waals surface area (Å²) in [5.41, 5.74) is 7.28. The average molecular weight is 198 g/mol. The van der Waals surface area contributed by atoms with Crippen LogP contribution >= 0.6 is 0 Å². The van der Waals surface area contributed by atoms with Crippen LogP contribution in [0.5, 0.6) is 0 Å². The van der Waals surface area contributed by atoms with E-state index in [0.29, 0.717) is 11.3 Å². The van der Waals surface area contributed by atoms with Crippen LogP contribution in [0, 0.1) is 31.1 Å². The highest BCUT2D eigenvalue weighted by atomic mass is 16.2. The molecule has 0 saturated carbocycles. The van der Waals surface area contributed by atoms with Gasteiger partial charge in [-0.15, -0.1) is 6.42 Å². The van der Waals surface area contributed by atoms with Gasteiger partial charge in [-0.2, -0.15) is 0 Å². The summed E-state index contributed by atoms with van der Waals surface area (Å²) in [4.78, 5) is 10.7. The second-order valence-electron chi connectivity index (χ2n) is 2.93. The molecule has 0 aliphatic heterocycles. The molecule has 1 aromatic rings. The van der Waals surface area contributed by atoms with Gasteiger partial charge in [-0.1, -0.05) is 12.0 Å². The minimum atomic E-state index is -0.623. The van der Waals surface area contributed by atoms with E-state index in [1.54, 1.807) is 6.07 Å². The van der Waals surface area contributed by atoms with Crippen molar-refractivity contribution < 1.29 is 4.79 Å². The molecule has 15 heavy (non-hydrogen) atoms. The lowest BCUT2D eigenvalue weighted by molar-refractivity contribution is 0.259. The molecular formula is C12H10N2O. The molecule has 0 aliphatic rings. The van der Waals surface area contributed by atoms with Gasteiger partial charge < -0.3 is 11.1 Å². The average Bonchev–Trinajstić information content (AvgIpc) is 2.18. The second kappa shape index (κ2) is 4.74. The number of carbonyl (C=O) groups excluding carboxylic acids is 1. The second-order valence-corrected chi connectivity index (χ2v) is 2.93. The molecule has 0 atom stereocenters. The number of primary amides is 1. The third-order valence-electron chi connectivity index (χ3n) is 1.70. The van der Waals surface area contributed by atoms with Crippen molar-refractivity contribution in [2.45, 2.75) is 6.92 Å². The summed E-state index contributed by atoms with van der Waals surface area (Å²) < 4.78 is 0. The maximum atomic E-state index is 10.7. The predicted octanol–water partition coefficient (Wildman–Crippen LogP) is 1.47. The SMILES string of the molecule is C#CC#Cc1cc(C)ccc1NC(N)=O. The number of aryl methyl sites for hydroxylation is 1. The van der Waals surface area contributed by atoms with Crippen molar-refractivity contribution in [2.75, 3.05) is 5.32 Å². The van der Waals surface area contributed by atoms with E-state index < -0.39 is 6.03 Å². The summed E-state index contributed by atoms with van der Waals surface area (Å²) >= 11 is 0. The fourth-order valence-electron chi connectivity index (χ4n) is 1.11. The zero-order chi connectivity index (χ0) is 11.3. The number of terminal acetylenes is 1. The summed E-state index contributed by atoms with van der Waals surface area (Å²) in [7, 11) is 0. The minimum absolute atomic E-state index is 0.566. The molecule has 0 heterocycles. The minimum Gasteiger partial charge on any atom is -0.351 e. The number of nitrogens with one attached hydrogen (secondary N) is 1. The number of urea groups is 1. The zero-order valence-electron chi connectivity index (χ0n) is 8.29. The Kier molecular flexibility index (Phi) is 3.38. The molecule has 1 aromatic carbocycles. The first kappa shape index (κ1) is 10.7. The summed E-state index contributed by atoms with van der Waals surface area (Å²) in [5, 5.41) is 2.48. The van der Waals surface area contributed by atoms with Crippen molar-refractivity contribution in [3.63, 3.8) is 0 Å². The highest BCUT2D eigenvalue weighted by Crippen LogP contribution is 2.15. The third-order valence-corrected chi connectivity index (χ3v) is 1.70. The lowest BCUT2D eigenvalue weighted by atomic mass is 10.1. The quantitative estimate of drug-likeness (QED) is 0.659. The van der Waals surface area contributed by atoms with Crippen LogP contribution in [0.1, 0.15) is 11.1 Å². The van der Waals surface area contributed by atoms with Crippen molar-refractivity contribution in [3.05, 3.63) is 29.3 Å². The van der Waals surface area contributed by atoms with Gasteiger partial charge in [-0.05, 0) is 36.5 Å². The first-order valence-corrected chi connectivity index (χ1v) is 4.27. The van der Waals surface area contributed by atoms with Gasteiger partial charge in [0.2, 0.25) is 0 Å². The normalized spacial score (nSPS) is 8.27. The Hall–Kier alpha value is -2.39. The van der Waals surface area contributed by atoms with E-state index in [9.17, 15) is 4.79 Å². The first-order valence-electron chi connectivity index (χ1n) is 4.27. The van der Waals surface area contributed by atoms with Gasteiger partial charge in [0.25, 0.3) is 0 Å². The van der Waals surface area contributed by atoms with Crippen molar-refractivity contribution in [1.29, 1.82) is 0 Å². The van der Waals surface area contributed by atoms with Crippen molar-refractivity contribution in [3.8, 4) is 24.2 Å². The molecule has 3 N–H and O–H groups in total. The van der Waals surface area contributed by atoms with Gasteiger partial charge in [-0.25, -0.2) is 4.79 Å². The Morgan fingerprint density at radius 1 is 1.53 bits per heavy atom. The van der Waals surface area contributed by atoms with E-state index in [0.717, 1.165) is 5.56 Å². The number of hydrogen-bond donors (Lipinski definition) is 2. The van der Waals surface area contributed by atoms with E-state index in [1.165, 1.54) is 0 Å².